The van der Waals surface area contributed by atoms with Crippen LogP contribution in [0.25, 0.3) is 0 Å². The number of nitrogens with zero attached hydrogens (tertiary/aromatic N) is 2. The number of hydrogen-bond acceptors (Lipinski definition) is 4. The first kappa shape index (κ1) is 12.3. The van der Waals surface area contributed by atoms with Gasteiger partial charge in [-0.3, -0.25) is 0 Å². The normalized spacial score (nSPS) is 18.1. The maximum absolute atomic E-state index is 12.2. The molecule has 1 aromatic heterocycles. The zero-order chi connectivity index (χ0) is 12.3. The smallest absolute Gasteiger partial charge is 0.253 e. The Balaban J connectivity index is 1.80. The third kappa shape index (κ3) is 2.92. The van der Waals surface area contributed by atoms with E-state index in [0.717, 1.165) is 18.9 Å². The van der Waals surface area contributed by atoms with E-state index in [4.69, 9.17) is 5.73 Å². The highest BCUT2D eigenvalue weighted by Crippen LogP contribution is 2.17. The van der Waals surface area contributed by atoms with Crippen LogP contribution in [0.1, 0.15) is 12.5 Å². The fourth-order valence-electron chi connectivity index (χ4n) is 1.68. The van der Waals surface area contributed by atoms with Crippen molar-refractivity contribution in [3.8, 4) is 0 Å². The van der Waals surface area contributed by atoms with Crippen molar-refractivity contribution in [1.29, 1.82) is 0 Å². The van der Waals surface area contributed by atoms with Gasteiger partial charge in [0.1, 0.15) is 5.82 Å². The molecule has 1 aliphatic rings. The highest BCUT2D eigenvalue weighted by Gasteiger charge is 2.21. The van der Waals surface area contributed by atoms with Crippen LogP contribution in [-0.4, -0.2) is 41.9 Å². The maximum Gasteiger partial charge on any atom is 0.253 e. The van der Waals surface area contributed by atoms with Crippen LogP contribution in [-0.2, 0) is 0 Å². The maximum atomic E-state index is 12.2. The number of rotatable bonds is 6. The molecule has 0 radical (unpaired) electrons. The van der Waals surface area contributed by atoms with Crippen LogP contribution in [0.2, 0.25) is 0 Å². The summed E-state index contributed by atoms with van der Waals surface area (Å²) in [5, 5.41) is 10.5. The minimum atomic E-state index is -2.46. The second-order valence-electron chi connectivity index (χ2n) is 4.19. The number of anilines is 1. The fourth-order valence-corrected chi connectivity index (χ4v) is 1.68. The SMILES string of the molecule is NC(CCNc1ccnn1C1CNC1)C(F)F. The van der Waals surface area contributed by atoms with E-state index >= 15 is 0 Å². The summed E-state index contributed by atoms with van der Waals surface area (Å²) >= 11 is 0. The molecular formula is C10H17F2N5. The van der Waals surface area contributed by atoms with Gasteiger partial charge in [0.2, 0.25) is 0 Å². The van der Waals surface area contributed by atoms with E-state index in [9.17, 15) is 8.78 Å². The number of nitrogens with one attached hydrogen (secondary N) is 2. The van der Waals surface area contributed by atoms with Crippen molar-refractivity contribution in [1.82, 2.24) is 15.1 Å². The summed E-state index contributed by atoms with van der Waals surface area (Å²) in [6.07, 6.45) is -0.517. The van der Waals surface area contributed by atoms with Crippen LogP contribution in [0.3, 0.4) is 0 Å². The lowest BCUT2D eigenvalue weighted by Gasteiger charge is -2.29. The lowest BCUT2D eigenvalue weighted by atomic mass is 10.2. The van der Waals surface area contributed by atoms with Gasteiger partial charge in [0.15, 0.2) is 0 Å². The van der Waals surface area contributed by atoms with Crippen molar-refractivity contribution < 1.29 is 8.78 Å². The van der Waals surface area contributed by atoms with Crippen molar-refractivity contribution in [2.75, 3.05) is 25.0 Å². The Morgan fingerprint density at radius 3 is 2.94 bits per heavy atom. The minimum Gasteiger partial charge on any atom is -0.370 e. The van der Waals surface area contributed by atoms with Crippen LogP contribution in [0.5, 0.6) is 0 Å². The van der Waals surface area contributed by atoms with Gasteiger partial charge < -0.3 is 16.4 Å². The molecule has 5 nitrogen and oxygen atoms in total. The first-order valence-electron chi connectivity index (χ1n) is 5.70. The molecule has 1 saturated heterocycles. The fraction of sp³-hybridized carbons (Fsp3) is 0.700. The van der Waals surface area contributed by atoms with Crippen molar-refractivity contribution >= 4 is 5.82 Å². The van der Waals surface area contributed by atoms with E-state index in [1.807, 2.05) is 10.7 Å². The summed E-state index contributed by atoms with van der Waals surface area (Å²) in [6.45, 7) is 2.22. The summed E-state index contributed by atoms with van der Waals surface area (Å²) in [6, 6.07) is 1.13. The molecule has 96 valence electrons. The Hall–Kier alpha value is -1.21. The van der Waals surface area contributed by atoms with E-state index in [1.54, 1.807) is 6.20 Å². The number of nitrogens with two attached hydrogens (primary N) is 1. The van der Waals surface area contributed by atoms with Gasteiger partial charge in [0.25, 0.3) is 6.43 Å². The van der Waals surface area contributed by atoms with E-state index < -0.39 is 12.5 Å². The van der Waals surface area contributed by atoms with Crippen molar-refractivity contribution in [3.63, 3.8) is 0 Å². The molecule has 0 aliphatic carbocycles. The minimum absolute atomic E-state index is 0.242. The topological polar surface area (TPSA) is 67.9 Å². The molecule has 1 aromatic rings. The molecule has 2 rings (SSSR count). The summed E-state index contributed by atoms with van der Waals surface area (Å²) in [4.78, 5) is 0. The van der Waals surface area contributed by atoms with Crippen LogP contribution in [0.4, 0.5) is 14.6 Å². The molecule has 1 unspecified atom stereocenters. The molecule has 1 fully saturated rings. The van der Waals surface area contributed by atoms with Gasteiger partial charge in [-0.1, -0.05) is 0 Å². The zero-order valence-electron chi connectivity index (χ0n) is 9.44. The third-order valence-corrected chi connectivity index (χ3v) is 2.88. The molecule has 1 atom stereocenters. The van der Waals surface area contributed by atoms with Gasteiger partial charge in [-0.05, 0) is 6.42 Å². The summed E-state index contributed by atoms with van der Waals surface area (Å²) in [5.74, 6) is 0.859. The van der Waals surface area contributed by atoms with E-state index in [0.29, 0.717) is 12.6 Å². The van der Waals surface area contributed by atoms with E-state index in [1.165, 1.54) is 0 Å². The highest BCUT2D eigenvalue weighted by atomic mass is 19.3. The van der Waals surface area contributed by atoms with Gasteiger partial charge in [-0.2, -0.15) is 5.10 Å². The molecule has 0 spiro atoms. The lowest BCUT2D eigenvalue weighted by molar-refractivity contribution is 0.113. The number of aromatic nitrogens is 2. The molecule has 7 heteroatoms. The zero-order valence-corrected chi connectivity index (χ0v) is 9.44. The van der Waals surface area contributed by atoms with Crippen molar-refractivity contribution in [2.24, 2.45) is 5.73 Å². The van der Waals surface area contributed by atoms with Gasteiger partial charge in [-0.15, -0.1) is 0 Å². The van der Waals surface area contributed by atoms with Crippen LogP contribution in [0.15, 0.2) is 12.3 Å². The second-order valence-corrected chi connectivity index (χ2v) is 4.19. The Bertz CT molecular complexity index is 350. The average Bonchev–Trinajstić information content (AvgIpc) is 2.63. The summed E-state index contributed by atoms with van der Waals surface area (Å²) < 4.78 is 26.3. The van der Waals surface area contributed by atoms with Gasteiger partial charge >= 0.3 is 0 Å². The van der Waals surface area contributed by atoms with E-state index in [-0.39, 0.29) is 6.42 Å². The predicted molar refractivity (Wildman–Crippen MR) is 61.2 cm³/mol. The largest absolute Gasteiger partial charge is 0.370 e. The Morgan fingerprint density at radius 2 is 2.35 bits per heavy atom. The van der Waals surface area contributed by atoms with E-state index in [2.05, 4.69) is 15.7 Å². The Morgan fingerprint density at radius 1 is 1.59 bits per heavy atom. The molecule has 0 aromatic carbocycles. The molecule has 2 heterocycles. The van der Waals surface area contributed by atoms with Gasteiger partial charge in [0.05, 0.1) is 18.3 Å². The number of alkyl halides is 2. The molecule has 0 bridgehead atoms. The van der Waals surface area contributed by atoms with Crippen LogP contribution >= 0.6 is 0 Å². The second kappa shape index (κ2) is 5.42. The summed E-state index contributed by atoms with van der Waals surface area (Å²) in [5.41, 5.74) is 5.27. The third-order valence-electron chi connectivity index (χ3n) is 2.88. The number of hydrogen-bond donors (Lipinski definition) is 3. The molecule has 1 aliphatic heterocycles. The number of halogens is 2. The first-order chi connectivity index (χ1) is 8.18. The van der Waals surface area contributed by atoms with Crippen LogP contribution < -0.4 is 16.4 Å². The molecule has 0 amide bonds. The Labute approximate surface area is 98.4 Å². The van der Waals surface area contributed by atoms with Gasteiger partial charge in [-0.25, -0.2) is 13.5 Å². The van der Waals surface area contributed by atoms with Crippen molar-refractivity contribution in [2.45, 2.75) is 24.9 Å². The molecule has 4 N–H and O–H groups in total. The predicted octanol–water partition coefficient (Wildman–Crippen LogP) is 0.422. The Kier molecular flexibility index (Phi) is 3.90. The summed E-state index contributed by atoms with van der Waals surface area (Å²) in [7, 11) is 0. The molecular weight excluding hydrogens is 228 g/mol. The highest BCUT2D eigenvalue weighted by molar-refractivity contribution is 5.34. The van der Waals surface area contributed by atoms with Crippen LogP contribution in [0, 0.1) is 0 Å². The first-order valence-corrected chi connectivity index (χ1v) is 5.70. The molecule has 17 heavy (non-hydrogen) atoms. The average molecular weight is 245 g/mol. The monoisotopic (exact) mass is 245 g/mol. The molecule has 0 saturated carbocycles. The van der Waals surface area contributed by atoms with Crippen molar-refractivity contribution in [3.05, 3.63) is 12.3 Å². The standard InChI is InChI=1S/C10H17F2N5/c11-10(12)8(13)1-3-15-9-2-4-16-17(9)7-5-14-6-7/h2,4,7-8,10,14-15H,1,3,5-6,13H2. The lowest BCUT2D eigenvalue weighted by Crippen LogP contribution is -2.44. The van der Waals surface area contributed by atoms with Gasteiger partial charge in [0, 0.05) is 25.7 Å². The quantitative estimate of drug-likeness (QED) is 0.679.